The van der Waals surface area contributed by atoms with Gasteiger partial charge in [0.1, 0.15) is 0 Å². The highest BCUT2D eigenvalue weighted by Gasteiger charge is 2.51. The smallest absolute Gasteiger partial charge is 0.403 e. The second-order valence-corrected chi connectivity index (χ2v) is 7.39. The van der Waals surface area contributed by atoms with Crippen LogP contribution >= 0.6 is 15.9 Å². The maximum atomic E-state index is 9.37. The first kappa shape index (κ1) is 17.3. The van der Waals surface area contributed by atoms with E-state index in [1.54, 1.807) is 0 Å². The summed E-state index contributed by atoms with van der Waals surface area (Å²) >= 11 is 3.50. The van der Waals surface area contributed by atoms with Gasteiger partial charge in [0, 0.05) is 10.8 Å². The molecule has 1 atom stereocenters. The number of allylic oxidation sites excluding steroid dienone is 1. The molecule has 0 saturated carbocycles. The molecule has 0 radical (unpaired) electrons. The van der Waals surface area contributed by atoms with Crippen LogP contribution < -0.4 is 0 Å². The van der Waals surface area contributed by atoms with E-state index in [4.69, 9.17) is 9.31 Å². The first-order chi connectivity index (χ1) is 10.2. The van der Waals surface area contributed by atoms with Crippen molar-refractivity contribution in [3.05, 3.63) is 40.4 Å². The maximum absolute atomic E-state index is 9.37. The normalized spacial score (nSPS) is 21.0. The molecule has 3 nitrogen and oxygen atoms in total. The van der Waals surface area contributed by atoms with Crippen LogP contribution in [-0.2, 0) is 9.31 Å². The van der Waals surface area contributed by atoms with E-state index >= 15 is 0 Å². The number of halogens is 1. The number of nitriles is 1. The molecule has 0 N–H and O–H groups in total. The predicted molar refractivity (Wildman–Crippen MR) is 93.2 cm³/mol. The second kappa shape index (κ2) is 6.58. The molecule has 1 saturated heterocycles. The number of rotatable bonds is 4. The monoisotopic (exact) mass is 361 g/mol. The lowest BCUT2D eigenvalue weighted by Gasteiger charge is -2.32. The van der Waals surface area contributed by atoms with Crippen LogP contribution in [0.5, 0.6) is 0 Å². The molecule has 5 heteroatoms. The van der Waals surface area contributed by atoms with Gasteiger partial charge in [0.05, 0.1) is 23.2 Å². The van der Waals surface area contributed by atoms with Crippen molar-refractivity contribution in [1.82, 2.24) is 0 Å². The van der Waals surface area contributed by atoms with E-state index in [9.17, 15) is 5.26 Å². The van der Waals surface area contributed by atoms with Crippen molar-refractivity contribution >= 4 is 29.1 Å². The third-order valence-electron chi connectivity index (χ3n) is 4.33. The van der Waals surface area contributed by atoms with Gasteiger partial charge >= 0.3 is 7.12 Å². The molecule has 116 valence electrons. The van der Waals surface area contributed by atoms with Crippen LogP contribution in [0.2, 0.25) is 6.32 Å². The van der Waals surface area contributed by atoms with E-state index in [-0.39, 0.29) is 24.2 Å². The standard InChI is InChI=1S/C17H21BBrNO2/c1-16(2)17(3,4)22-18(21-16)11-13(12-20)9-10-14-7-5-6-8-15(14)19/h5-10,13H,11H2,1-4H3/b10-9+/t13-/m1/s1. The van der Waals surface area contributed by atoms with Gasteiger partial charge in [0.25, 0.3) is 0 Å². The van der Waals surface area contributed by atoms with Crippen LogP contribution in [0.3, 0.4) is 0 Å². The number of hydrogen-bond acceptors (Lipinski definition) is 3. The molecule has 0 amide bonds. The summed E-state index contributed by atoms with van der Waals surface area (Å²) in [6.45, 7) is 8.08. The van der Waals surface area contributed by atoms with E-state index < -0.39 is 0 Å². The Morgan fingerprint density at radius 3 is 2.36 bits per heavy atom. The molecule has 1 aromatic rings. The van der Waals surface area contributed by atoms with Crippen LogP contribution in [0, 0.1) is 17.2 Å². The zero-order valence-corrected chi connectivity index (χ0v) is 15.1. The summed E-state index contributed by atoms with van der Waals surface area (Å²) in [4.78, 5) is 0. The average molecular weight is 362 g/mol. The van der Waals surface area contributed by atoms with Crippen LogP contribution in [0.15, 0.2) is 34.8 Å². The molecule has 1 aliphatic rings. The van der Waals surface area contributed by atoms with E-state index in [1.807, 2.05) is 64.1 Å². The van der Waals surface area contributed by atoms with E-state index in [2.05, 4.69) is 22.0 Å². The van der Waals surface area contributed by atoms with Crippen molar-refractivity contribution in [2.45, 2.75) is 45.2 Å². The van der Waals surface area contributed by atoms with Gasteiger partial charge in [-0.15, -0.1) is 0 Å². The predicted octanol–water partition coefficient (Wildman–Crippen LogP) is 4.69. The van der Waals surface area contributed by atoms with Crippen LogP contribution in [0.25, 0.3) is 6.08 Å². The largest absolute Gasteiger partial charge is 0.459 e. The Labute approximate surface area is 141 Å². The summed E-state index contributed by atoms with van der Waals surface area (Å²) in [6.07, 6.45) is 4.40. The molecule has 1 aliphatic heterocycles. The van der Waals surface area contributed by atoms with E-state index in [0.29, 0.717) is 6.32 Å². The van der Waals surface area contributed by atoms with Crippen molar-refractivity contribution in [3.63, 3.8) is 0 Å². The molecule has 22 heavy (non-hydrogen) atoms. The van der Waals surface area contributed by atoms with Crippen LogP contribution in [0.1, 0.15) is 33.3 Å². The third-order valence-corrected chi connectivity index (χ3v) is 5.05. The van der Waals surface area contributed by atoms with Crippen molar-refractivity contribution < 1.29 is 9.31 Å². The summed E-state index contributed by atoms with van der Waals surface area (Å²) in [7, 11) is -0.349. The zero-order chi connectivity index (χ0) is 16.4. The minimum Gasteiger partial charge on any atom is -0.403 e. The molecule has 1 aromatic carbocycles. The lowest BCUT2D eigenvalue weighted by atomic mass is 9.77. The fourth-order valence-corrected chi connectivity index (χ4v) is 2.69. The molecule has 0 bridgehead atoms. The third kappa shape index (κ3) is 3.81. The first-order valence-corrected chi connectivity index (χ1v) is 8.22. The molecule has 0 aromatic heterocycles. The second-order valence-electron chi connectivity index (χ2n) is 6.54. The Kier molecular flexibility index (Phi) is 5.16. The van der Waals surface area contributed by atoms with Gasteiger partial charge in [0.2, 0.25) is 0 Å². The minimum absolute atomic E-state index is 0.248. The summed E-state index contributed by atoms with van der Waals surface area (Å²) < 4.78 is 12.9. The Morgan fingerprint density at radius 1 is 1.23 bits per heavy atom. The molecule has 1 fully saturated rings. The van der Waals surface area contributed by atoms with Gasteiger partial charge in [-0.25, -0.2) is 0 Å². The summed E-state index contributed by atoms with van der Waals surface area (Å²) in [6, 6.07) is 10.2. The minimum atomic E-state index is -0.357. The highest BCUT2D eigenvalue weighted by molar-refractivity contribution is 9.10. The number of benzene rings is 1. The van der Waals surface area contributed by atoms with Crippen molar-refractivity contribution in [2.24, 2.45) is 5.92 Å². The lowest BCUT2D eigenvalue weighted by Crippen LogP contribution is -2.41. The topological polar surface area (TPSA) is 42.2 Å². The molecular weight excluding hydrogens is 341 g/mol. The molecular formula is C17H21BBrNO2. The van der Waals surface area contributed by atoms with Gasteiger partial charge in [-0.3, -0.25) is 0 Å². The van der Waals surface area contributed by atoms with Crippen molar-refractivity contribution in [3.8, 4) is 6.07 Å². The molecule has 0 unspecified atom stereocenters. The summed E-state index contributed by atoms with van der Waals surface area (Å²) in [5, 5.41) is 9.37. The maximum Gasteiger partial charge on any atom is 0.459 e. The Bertz CT molecular complexity index is 591. The van der Waals surface area contributed by atoms with E-state index in [0.717, 1.165) is 10.0 Å². The Morgan fingerprint density at radius 2 is 1.82 bits per heavy atom. The van der Waals surface area contributed by atoms with Crippen molar-refractivity contribution in [1.29, 1.82) is 5.26 Å². The quantitative estimate of drug-likeness (QED) is 0.730. The number of hydrogen-bond donors (Lipinski definition) is 0. The molecule has 0 aliphatic carbocycles. The Hall–Kier alpha value is -1.09. The molecule has 1 heterocycles. The lowest BCUT2D eigenvalue weighted by molar-refractivity contribution is 0.00578. The van der Waals surface area contributed by atoms with Gasteiger partial charge in [0.15, 0.2) is 0 Å². The van der Waals surface area contributed by atoms with Crippen LogP contribution in [-0.4, -0.2) is 18.3 Å². The summed E-state index contributed by atoms with van der Waals surface area (Å²) in [5.74, 6) is -0.248. The van der Waals surface area contributed by atoms with Gasteiger partial charge in [-0.2, -0.15) is 5.26 Å². The highest BCUT2D eigenvalue weighted by Crippen LogP contribution is 2.38. The fourth-order valence-electron chi connectivity index (χ4n) is 2.27. The molecule has 2 rings (SSSR count). The van der Waals surface area contributed by atoms with E-state index in [1.165, 1.54) is 0 Å². The highest BCUT2D eigenvalue weighted by atomic mass is 79.9. The number of nitrogens with zero attached hydrogens (tertiary/aromatic N) is 1. The van der Waals surface area contributed by atoms with Gasteiger partial charge in [-0.1, -0.05) is 46.3 Å². The SMILES string of the molecule is CC1(C)OB(C[C@H](C#N)/C=C/c2ccccc2Br)OC1(C)C. The zero-order valence-electron chi connectivity index (χ0n) is 13.5. The van der Waals surface area contributed by atoms with Crippen molar-refractivity contribution in [2.75, 3.05) is 0 Å². The van der Waals surface area contributed by atoms with Gasteiger partial charge < -0.3 is 9.31 Å². The fraction of sp³-hybridized carbons (Fsp3) is 0.471. The first-order valence-electron chi connectivity index (χ1n) is 7.43. The summed E-state index contributed by atoms with van der Waals surface area (Å²) in [5.41, 5.74) is 0.338. The average Bonchev–Trinajstić information content (AvgIpc) is 2.64. The molecule has 0 spiro atoms. The Balaban J connectivity index is 2.03. The van der Waals surface area contributed by atoms with Crippen LogP contribution in [0.4, 0.5) is 0 Å². The van der Waals surface area contributed by atoms with Gasteiger partial charge in [-0.05, 0) is 39.3 Å².